The van der Waals surface area contributed by atoms with E-state index >= 15 is 0 Å². The van der Waals surface area contributed by atoms with E-state index in [-0.39, 0.29) is 18.2 Å². The van der Waals surface area contributed by atoms with Crippen molar-refractivity contribution in [1.82, 2.24) is 4.90 Å². The number of carbonyl (C=O) groups is 1. The van der Waals surface area contributed by atoms with Gasteiger partial charge in [-0.2, -0.15) is 5.26 Å². The Morgan fingerprint density at radius 2 is 2.03 bits per heavy atom. The fraction of sp³-hybridized carbons (Fsp3) is 0.391. The number of nitrogens with zero attached hydrogens (tertiary/aromatic N) is 3. The number of hydrogen-bond donors (Lipinski definition) is 1. The first-order valence-corrected chi connectivity index (χ1v) is 10.1. The van der Waals surface area contributed by atoms with E-state index < -0.39 is 0 Å². The number of amides is 1. The molecule has 0 bridgehead atoms. The zero-order chi connectivity index (χ0) is 20.2. The summed E-state index contributed by atoms with van der Waals surface area (Å²) >= 11 is 0. The largest absolute Gasteiger partial charge is 0.376 e. The van der Waals surface area contributed by atoms with Gasteiger partial charge in [0.2, 0.25) is 0 Å². The molecule has 6 nitrogen and oxygen atoms in total. The number of fused-ring (bicyclic) bond motifs is 1. The second-order valence-corrected chi connectivity index (χ2v) is 7.61. The molecule has 0 aliphatic carbocycles. The highest BCUT2D eigenvalue weighted by atomic mass is 16.5. The van der Waals surface area contributed by atoms with Crippen LogP contribution >= 0.6 is 0 Å². The van der Waals surface area contributed by atoms with Crippen molar-refractivity contribution >= 4 is 17.3 Å². The van der Waals surface area contributed by atoms with E-state index in [2.05, 4.69) is 28.4 Å². The van der Waals surface area contributed by atoms with E-state index in [0.29, 0.717) is 25.1 Å². The summed E-state index contributed by atoms with van der Waals surface area (Å²) in [6, 6.07) is 18.0. The standard InChI is InChI=1S/C23H26N4O2/c1-26(14-5-13-24)18-11-9-17(10-12-18)22-25-21-8-3-2-7-20(21)23(28)27(22)16-19-6-4-15-29-19/h2-3,7-12,19,22,25H,4-6,14-16H2,1H3. The zero-order valence-corrected chi connectivity index (χ0v) is 16.7. The maximum absolute atomic E-state index is 13.3. The van der Waals surface area contributed by atoms with Gasteiger partial charge in [-0.05, 0) is 42.7 Å². The minimum atomic E-state index is -0.236. The van der Waals surface area contributed by atoms with Gasteiger partial charge in [-0.15, -0.1) is 0 Å². The van der Waals surface area contributed by atoms with Crippen LogP contribution in [0, 0.1) is 11.3 Å². The molecule has 2 aromatic carbocycles. The molecule has 4 rings (SSSR count). The summed E-state index contributed by atoms with van der Waals surface area (Å²) in [5, 5.41) is 12.3. The van der Waals surface area contributed by atoms with Gasteiger partial charge in [-0.25, -0.2) is 0 Å². The Bertz CT molecular complexity index is 900. The van der Waals surface area contributed by atoms with Crippen LogP contribution in [0.2, 0.25) is 0 Å². The van der Waals surface area contributed by atoms with E-state index in [1.807, 2.05) is 48.3 Å². The Morgan fingerprint density at radius 1 is 1.24 bits per heavy atom. The first-order chi connectivity index (χ1) is 14.2. The molecule has 0 spiro atoms. The van der Waals surface area contributed by atoms with Crippen molar-refractivity contribution in [2.75, 3.05) is 37.0 Å². The lowest BCUT2D eigenvalue weighted by molar-refractivity contribution is 0.0427. The molecule has 6 heteroatoms. The van der Waals surface area contributed by atoms with Gasteiger partial charge in [0.15, 0.2) is 0 Å². The van der Waals surface area contributed by atoms with Crippen LogP contribution in [0.3, 0.4) is 0 Å². The maximum Gasteiger partial charge on any atom is 0.257 e. The number of nitrogens with one attached hydrogen (secondary N) is 1. The summed E-state index contributed by atoms with van der Waals surface area (Å²) in [4.78, 5) is 17.2. The molecule has 2 aliphatic rings. The third-order valence-electron chi connectivity index (χ3n) is 5.66. The van der Waals surface area contributed by atoms with Gasteiger partial charge in [0.1, 0.15) is 6.17 Å². The molecule has 2 unspecified atom stereocenters. The molecular weight excluding hydrogens is 364 g/mol. The Balaban J connectivity index is 1.60. The quantitative estimate of drug-likeness (QED) is 0.813. The molecule has 1 saturated heterocycles. The Hall–Kier alpha value is -3.04. The van der Waals surface area contributed by atoms with E-state index in [0.717, 1.165) is 36.4 Å². The fourth-order valence-corrected chi connectivity index (χ4v) is 4.01. The molecule has 29 heavy (non-hydrogen) atoms. The summed E-state index contributed by atoms with van der Waals surface area (Å²) in [6.07, 6.45) is 2.37. The zero-order valence-electron chi connectivity index (χ0n) is 16.7. The molecule has 2 atom stereocenters. The van der Waals surface area contributed by atoms with E-state index in [1.165, 1.54) is 0 Å². The number of para-hydroxylation sites is 1. The second-order valence-electron chi connectivity index (χ2n) is 7.61. The molecule has 0 saturated carbocycles. The first kappa shape index (κ1) is 19.3. The lowest BCUT2D eigenvalue weighted by Crippen LogP contribution is -2.46. The van der Waals surface area contributed by atoms with Crippen LogP contribution in [0.15, 0.2) is 48.5 Å². The van der Waals surface area contributed by atoms with Crippen molar-refractivity contribution in [3.8, 4) is 6.07 Å². The molecular formula is C23H26N4O2. The van der Waals surface area contributed by atoms with Crippen molar-refractivity contribution in [3.05, 3.63) is 59.7 Å². The van der Waals surface area contributed by atoms with Crippen LogP contribution in [-0.2, 0) is 4.74 Å². The third-order valence-corrected chi connectivity index (χ3v) is 5.66. The number of anilines is 2. The summed E-state index contributed by atoms with van der Waals surface area (Å²) < 4.78 is 5.81. The highest BCUT2D eigenvalue weighted by Gasteiger charge is 2.35. The van der Waals surface area contributed by atoms with Crippen molar-refractivity contribution in [2.45, 2.75) is 31.5 Å². The molecule has 1 amide bonds. The van der Waals surface area contributed by atoms with Crippen molar-refractivity contribution in [1.29, 1.82) is 5.26 Å². The summed E-state index contributed by atoms with van der Waals surface area (Å²) in [5.41, 5.74) is 3.65. The maximum atomic E-state index is 13.3. The number of rotatable bonds is 6. The van der Waals surface area contributed by atoms with Gasteiger partial charge in [0.05, 0.1) is 24.2 Å². The SMILES string of the molecule is CN(CCC#N)c1ccc(C2Nc3ccccc3C(=O)N2CC2CCCO2)cc1. The molecule has 150 valence electrons. The summed E-state index contributed by atoms with van der Waals surface area (Å²) in [6.45, 7) is 2.04. The first-order valence-electron chi connectivity index (χ1n) is 10.1. The summed E-state index contributed by atoms with van der Waals surface area (Å²) in [7, 11) is 1.98. The predicted octanol–water partition coefficient (Wildman–Crippen LogP) is 3.78. The average Bonchev–Trinajstić information content (AvgIpc) is 3.27. The average molecular weight is 390 g/mol. The van der Waals surface area contributed by atoms with Gasteiger partial charge in [-0.1, -0.05) is 24.3 Å². The number of ether oxygens (including phenoxy) is 1. The molecule has 1 fully saturated rings. The lowest BCUT2D eigenvalue weighted by Gasteiger charge is -2.39. The second kappa shape index (κ2) is 8.54. The van der Waals surface area contributed by atoms with Crippen LogP contribution in [0.4, 0.5) is 11.4 Å². The molecule has 0 radical (unpaired) electrons. The Morgan fingerprint density at radius 3 is 2.76 bits per heavy atom. The molecule has 2 aromatic rings. The van der Waals surface area contributed by atoms with Gasteiger partial charge in [0, 0.05) is 38.1 Å². The van der Waals surface area contributed by atoms with Crippen molar-refractivity contribution in [3.63, 3.8) is 0 Å². The Labute approximate surface area is 171 Å². The van der Waals surface area contributed by atoms with E-state index in [9.17, 15) is 4.79 Å². The normalized spacial score (nSPS) is 20.7. The number of benzene rings is 2. The van der Waals surface area contributed by atoms with Crippen molar-refractivity contribution in [2.24, 2.45) is 0 Å². The van der Waals surface area contributed by atoms with Crippen LogP contribution in [0.1, 0.15) is 41.3 Å². The van der Waals surface area contributed by atoms with E-state index in [4.69, 9.17) is 10.00 Å². The van der Waals surface area contributed by atoms with Crippen molar-refractivity contribution < 1.29 is 9.53 Å². The van der Waals surface area contributed by atoms with Crippen LogP contribution in [0.5, 0.6) is 0 Å². The van der Waals surface area contributed by atoms with E-state index in [1.54, 1.807) is 0 Å². The third kappa shape index (κ3) is 4.06. The molecule has 2 aliphatic heterocycles. The van der Waals surface area contributed by atoms with Crippen LogP contribution in [-0.4, -0.2) is 43.7 Å². The number of nitriles is 1. The molecule has 1 N–H and O–H groups in total. The number of hydrogen-bond acceptors (Lipinski definition) is 5. The van der Waals surface area contributed by atoms with Gasteiger partial charge >= 0.3 is 0 Å². The van der Waals surface area contributed by atoms with Crippen LogP contribution < -0.4 is 10.2 Å². The van der Waals surface area contributed by atoms with Gasteiger partial charge in [-0.3, -0.25) is 4.79 Å². The minimum absolute atomic E-state index is 0.0371. The monoisotopic (exact) mass is 390 g/mol. The Kier molecular flexibility index (Phi) is 5.68. The van der Waals surface area contributed by atoms with Gasteiger partial charge in [0.25, 0.3) is 5.91 Å². The smallest absolute Gasteiger partial charge is 0.257 e. The topological polar surface area (TPSA) is 68.6 Å². The lowest BCUT2D eigenvalue weighted by atomic mass is 10.0. The van der Waals surface area contributed by atoms with Crippen LogP contribution in [0.25, 0.3) is 0 Å². The van der Waals surface area contributed by atoms with Gasteiger partial charge < -0.3 is 19.9 Å². The predicted molar refractivity (Wildman–Crippen MR) is 113 cm³/mol. The minimum Gasteiger partial charge on any atom is -0.376 e. The molecule has 2 heterocycles. The fourth-order valence-electron chi connectivity index (χ4n) is 4.01. The molecule has 0 aromatic heterocycles. The highest BCUT2D eigenvalue weighted by molar-refractivity contribution is 6.01. The summed E-state index contributed by atoms with van der Waals surface area (Å²) in [5.74, 6) is 0.0371. The highest BCUT2D eigenvalue weighted by Crippen LogP contribution is 2.34. The number of carbonyl (C=O) groups excluding carboxylic acids is 1.